The fourth-order valence-electron chi connectivity index (χ4n) is 2.06. The first-order chi connectivity index (χ1) is 7.63. The van der Waals surface area contributed by atoms with E-state index in [0.29, 0.717) is 24.0 Å². The van der Waals surface area contributed by atoms with E-state index in [1.807, 2.05) is 19.1 Å². The predicted octanol–water partition coefficient (Wildman–Crippen LogP) is 3.29. The van der Waals surface area contributed by atoms with Crippen molar-refractivity contribution in [2.24, 2.45) is 5.92 Å². The van der Waals surface area contributed by atoms with Crippen LogP contribution < -0.4 is 0 Å². The molecular weight excluding hydrogens is 210 g/mol. The van der Waals surface area contributed by atoms with Crippen LogP contribution in [0.5, 0.6) is 0 Å². The second kappa shape index (κ2) is 4.16. The topological polar surface area (TPSA) is 17.1 Å². The maximum Gasteiger partial charge on any atom is 0.166 e. The van der Waals surface area contributed by atoms with Crippen molar-refractivity contribution < 1.29 is 13.6 Å². The molecule has 1 aromatic rings. The lowest BCUT2D eigenvalue weighted by Crippen LogP contribution is -2.07. The van der Waals surface area contributed by atoms with Gasteiger partial charge < -0.3 is 0 Å². The number of hydrogen-bond acceptors (Lipinski definition) is 1. The summed E-state index contributed by atoms with van der Waals surface area (Å²) in [6.07, 6.45) is 4.92. The van der Waals surface area contributed by atoms with Gasteiger partial charge in [-0.15, -0.1) is 0 Å². The molecule has 0 radical (unpaired) electrons. The van der Waals surface area contributed by atoms with Crippen LogP contribution in [0.25, 0.3) is 0 Å². The summed E-state index contributed by atoms with van der Waals surface area (Å²) in [6.45, 7) is 1.88. The maximum atomic E-state index is 13.0. The first-order valence-corrected chi connectivity index (χ1v) is 5.26. The molecule has 0 aliphatic heterocycles. The Bertz CT molecular complexity index is 463. The van der Waals surface area contributed by atoms with Gasteiger partial charge in [-0.05, 0) is 37.5 Å². The lowest BCUT2D eigenvalue weighted by molar-refractivity contribution is 0.0937. The summed E-state index contributed by atoms with van der Waals surface area (Å²) in [5, 5.41) is 0. The van der Waals surface area contributed by atoms with E-state index in [9.17, 15) is 13.6 Å². The molecule has 0 amide bonds. The molecule has 1 nitrogen and oxygen atoms in total. The molecule has 0 saturated heterocycles. The van der Waals surface area contributed by atoms with Crippen LogP contribution in [0.4, 0.5) is 8.78 Å². The van der Waals surface area contributed by atoms with Crippen LogP contribution in [0, 0.1) is 17.6 Å². The summed E-state index contributed by atoms with van der Waals surface area (Å²) in [6, 6.07) is 2.15. The Morgan fingerprint density at radius 2 is 2.06 bits per heavy atom. The van der Waals surface area contributed by atoms with Crippen LogP contribution in [0.1, 0.15) is 29.3 Å². The monoisotopic (exact) mass is 222 g/mol. The molecule has 3 heteroatoms. The molecule has 84 valence electrons. The molecule has 0 fully saturated rings. The van der Waals surface area contributed by atoms with E-state index < -0.39 is 11.6 Å². The molecule has 0 saturated carbocycles. The average molecular weight is 222 g/mol. The number of hydrogen-bond donors (Lipinski definition) is 0. The number of Topliss-reactive ketones (excluding diaryl/α,β-unsaturated/α-hetero) is 1. The standard InChI is InChI=1S/C13H12F2O/c1-2-3-4-8-5-9-6-11(14)12(15)7-10(9)13(8)16/h2-3,6-8H,4-5H2,1H3. The Morgan fingerprint density at radius 3 is 2.75 bits per heavy atom. The molecule has 0 heterocycles. The lowest BCUT2D eigenvalue weighted by atomic mass is 10.0. The number of ketones is 1. The van der Waals surface area contributed by atoms with Gasteiger partial charge in [-0.3, -0.25) is 4.79 Å². The van der Waals surface area contributed by atoms with Crippen LogP contribution >= 0.6 is 0 Å². The van der Waals surface area contributed by atoms with Gasteiger partial charge in [0.05, 0.1) is 0 Å². The third-order valence-corrected chi connectivity index (χ3v) is 2.90. The number of fused-ring (bicyclic) bond motifs is 1. The van der Waals surface area contributed by atoms with Crippen molar-refractivity contribution in [2.45, 2.75) is 19.8 Å². The van der Waals surface area contributed by atoms with Gasteiger partial charge in [0.25, 0.3) is 0 Å². The first-order valence-electron chi connectivity index (χ1n) is 5.26. The molecule has 16 heavy (non-hydrogen) atoms. The van der Waals surface area contributed by atoms with Crippen molar-refractivity contribution in [1.82, 2.24) is 0 Å². The van der Waals surface area contributed by atoms with Crippen LogP contribution in [0.2, 0.25) is 0 Å². The Hall–Kier alpha value is -1.51. The zero-order valence-electron chi connectivity index (χ0n) is 8.97. The smallest absolute Gasteiger partial charge is 0.166 e. The third kappa shape index (κ3) is 1.77. The van der Waals surface area contributed by atoms with Crippen LogP contribution in [0.15, 0.2) is 24.3 Å². The van der Waals surface area contributed by atoms with Crippen molar-refractivity contribution in [1.29, 1.82) is 0 Å². The minimum Gasteiger partial charge on any atom is -0.294 e. The minimum atomic E-state index is -0.946. The Morgan fingerprint density at radius 1 is 1.38 bits per heavy atom. The highest BCUT2D eigenvalue weighted by atomic mass is 19.2. The molecule has 0 spiro atoms. The Labute approximate surface area is 92.8 Å². The highest BCUT2D eigenvalue weighted by molar-refractivity contribution is 6.02. The molecule has 0 aromatic heterocycles. The molecule has 2 rings (SSSR count). The van der Waals surface area contributed by atoms with Gasteiger partial charge in [-0.25, -0.2) is 8.78 Å². The fourth-order valence-corrected chi connectivity index (χ4v) is 2.06. The van der Waals surface area contributed by atoms with E-state index in [4.69, 9.17) is 0 Å². The van der Waals surface area contributed by atoms with Gasteiger partial charge in [0, 0.05) is 11.5 Å². The SMILES string of the molecule is CC=CCC1Cc2cc(F)c(F)cc2C1=O. The maximum absolute atomic E-state index is 13.0. The molecular formula is C13H12F2O. The van der Waals surface area contributed by atoms with Gasteiger partial charge in [0.1, 0.15) is 0 Å². The third-order valence-electron chi connectivity index (χ3n) is 2.90. The zero-order valence-corrected chi connectivity index (χ0v) is 8.97. The normalized spacial score (nSPS) is 19.4. The van der Waals surface area contributed by atoms with E-state index in [0.717, 1.165) is 12.1 Å². The average Bonchev–Trinajstić information content (AvgIpc) is 2.54. The van der Waals surface area contributed by atoms with E-state index in [-0.39, 0.29) is 11.7 Å². The van der Waals surface area contributed by atoms with Crippen LogP contribution in [0.3, 0.4) is 0 Å². The van der Waals surface area contributed by atoms with Crippen LogP contribution in [-0.4, -0.2) is 5.78 Å². The summed E-state index contributed by atoms with van der Waals surface area (Å²) in [4.78, 5) is 11.8. The zero-order chi connectivity index (χ0) is 11.7. The largest absolute Gasteiger partial charge is 0.294 e. The predicted molar refractivity (Wildman–Crippen MR) is 57.3 cm³/mol. The summed E-state index contributed by atoms with van der Waals surface area (Å²) in [5.41, 5.74) is 0.965. The summed E-state index contributed by atoms with van der Waals surface area (Å²) < 4.78 is 26.0. The van der Waals surface area contributed by atoms with Crippen molar-refractivity contribution in [2.75, 3.05) is 0 Å². The number of rotatable bonds is 2. The number of halogens is 2. The van der Waals surface area contributed by atoms with Crippen molar-refractivity contribution in [3.05, 3.63) is 47.0 Å². The molecule has 0 bridgehead atoms. The van der Waals surface area contributed by atoms with Gasteiger partial charge in [-0.1, -0.05) is 12.2 Å². The quantitative estimate of drug-likeness (QED) is 0.702. The highest BCUT2D eigenvalue weighted by Crippen LogP contribution is 2.30. The first kappa shape index (κ1) is 11.0. The van der Waals surface area contributed by atoms with E-state index >= 15 is 0 Å². The number of carbonyl (C=O) groups is 1. The van der Waals surface area contributed by atoms with Gasteiger partial charge in [0.2, 0.25) is 0 Å². The Balaban J connectivity index is 2.31. The van der Waals surface area contributed by atoms with Crippen molar-refractivity contribution >= 4 is 5.78 Å². The summed E-state index contributed by atoms with van der Waals surface area (Å²) >= 11 is 0. The van der Waals surface area contributed by atoms with E-state index in [1.165, 1.54) is 0 Å². The van der Waals surface area contributed by atoms with Crippen molar-refractivity contribution in [3.8, 4) is 0 Å². The van der Waals surface area contributed by atoms with Gasteiger partial charge in [-0.2, -0.15) is 0 Å². The molecule has 1 aliphatic rings. The molecule has 1 atom stereocenters. The van der Waals surface area contributed by atoms with Gasteiger partial charge in [0.15, 0.2) is 17.4 Å². The number of carbonyl (C=O) groups excluding carboxylic acids is 1. The number of benzene rings is 1. The fraction of sp³-hybridized carbons (Fsp3) is 0.308. The van der Waals surface area contributed by atoms with E-state index in [2.05, 4.69) is 0 Å². The lowest BCUT2D eigenvalue weighted by Gasteiger charge is -2.01. The highest BCUT2D eigenvalue weighted by Gasteiger charge is 2.30. The minimum absolute atomic E-state index is 0.0769. The molecule has 1 aliphatic carbocycles. The van der Waals surface area contributed by atoms with Gasteiger partial charge >= 0.3 is 0 Å². The summed E-state index contributed by atoms with van der Waals surface area (Å²) in [5.74, 6) is -2.06. The number of allylic oxidation sites excluding steroid dienone is 2. The van der Waals surface area contributed by atoms with Crippen LogP contribution in [-0.2, 0) is 6.42 Å². The molecule has 1 unspecified atom stereocenters. The Kier molecular flexibility index (Phi) is 2.86. The summed E-state index contributed by atoms with van der Waals surface area (Å²) in [7, 11) is 0. The molecule has 1 aromatic carbocycles. The molecule has 0 N–H and O–H groups in total. The van der Waals surface area contributed by atoms with Crippen molar-refractivity contribution in [3.63, 3.8) is 0 Å². The van der Waals surface area contributed by atoms with E-state index in [1.54, 1.807) is 0 Å². The second-order valence-corrected chi connectivity index (χ2v) is 3.99. The second-order valence-electron chi connectivity index (χ2n) is 3.99.